The van der Waals surface area contributed by atoms with Gasteiger partial charge in [0.15, 0.2) is 5.90 Å². The molecule has 1 aromatic rings. The van der Waals surface area contributed by atoms with Crippen LogP contribution in [0.25, 0.3) is 0 Å². The lowest BCUT2D eigenvalue weighted by atomic mass is 10.1. The van der Waals surface area contributed by atoms with Crippen molar-refractivity contribution in [1.82, 2.24) is 0 Å². The van der Waals surface area contributed by atoms with Crippen LogP contribution in [0.1, 0.15) is 5.56 Å². The number of nitrogens with zero attached hydrogens (tertiary/aromatic N) is 1. The summed E-state index contributed by atoms with van der Waals surface area (Å²) in [6.45, 7) is 0.195. The average molecular weight is 235 g/mol. The fraction of sp³-hybridized carbons (Fsp3) is 0.333. The summed E-state index contributed by atoms with van der Waals surface area (Å²) in [7, 11) is 1.61. The number of aliphatic carboxylic acids is 1. The summed E-state index contributed by atoms with van der Waals surface area (Å²) in [4.78, 5) is 14.7. The molecule has 2 rings (SSSR count). The van der Waals surface area contributed by atoms with Crippen LogP contribution in [-0.2, 0) is 16.0 Å². The largest absolute Gasteiger partial charge is 0.497 e. The molecule has 5 heteroatoms. The van der Waals surface area contributed by atoms with E-state index in [0.29, 0.717) is 12.3 Å². The van der Waals surface area contributed by atoms with Crippen LogP contribution in [0, 0.1) is 0 Å². The Morgan fingerprint density at radius 3 is 2.76 bits per heavy atom. The molecule has 0 spiro atoms. The van der Waals surface area contributed by atoms with E-state index >= 15 is 0 Å². The van der Waals surface area contributed by atoms with E-state index in [-0.39, 0.29) is 6.54 Å². The van der Waals surface area contributed by atoms with Crippen molar-refractivity contribution in [1.29, 1.82) is 0 Å². The van der Waals surface area contributed by atoms with Crippen molar-refractivity contribution in [2.75, 3.05) is 13.7 Å². The van der Waals surface area contributed by atoms with Crippen LogP contribution in [0.15, 0.2) is 29.3 Å². The number of aliphatic imine (C=N–C) groups is 1. The molecule has 0 amide bonds. The summed E-state index contributed by atoms with van der Waals surface area (Å²) in [6, 6.07) is 7.50. The zero-order valence-electron chi connectivity index (χ0n) is 9.42. The Balaban J connectivity index is 1.95. The van der Waals surface area contributed by atoms with Crippen molar-refractivity contribution in [2.45, 2.75) is 12.5 Å². The normalized spacial score (nSPS) is 18.4. The van der Waals surface area contributed by atoms with Crippen LogP contribution in [-0.4, -0.2) is 36.7 Å². The number of carboxylic acids is 1. The van der Waals surface area contributed by atoms with E-state index in [1.807, 2.05) is 24.3 Å². The monoisotopic (exact) mass is 235 g/mol. The number of benzene rings is 1. The third-order valence-corrected chi connectivity index (χ3v) is 2.50. The van der Waals surface area contributed by atoms with Crippen LogP contribution >= 0.6 is 0 Å². The van der Waals surface area contributed by atoms with Gasteiger partial charge in [0, 0.05) is 6.42 Å². The second-order valence-electron chi connectivity index (χ2n) is 3.70. The molecule has 0 aliphatic carbocycles. The van der Waals surface area contributed by atoms with Gasteiger partial charge in [-0.25, -0.2) is 4.79 Å². The molecule has 0 fully saturated rings. The molecule has 0 saturated heterocycles. The summed E-state index contributed by atoms with van der Waals surface area (Å²) < 4.78 is 10.3. The highest BCUT2D eigenvalue weighted by Crippen LogP contribution is 2.14. The van der Waals surface area contributed by atoms with Gasteiger partial charge in [0.2, 0.25) is 6.10 Å². The van der Waals surface area contributed by atoms with Gasteiger partial charge in [-0.2, -0.15) is 0 Å². The van der Waals surface area contributed by atoms with E-state index < -0.39 is 12.1 Å². The number of carboxylic acid groups (broad SMARTS) is 1. The third kappa shape index (κ3) is 2.75. The summed E-state index contributed by atoms with van der Waals surface area (Å²) in [5, 5.41) is 8.75. The lowest BCUT2D eigenvalue weighted by Gasteiger charge is -2.06. The van der Waals surface area contributed by atoms with Crippen LogP contribution in [0.5, 0.6) is 5.75 Å². The van der Waals surface area contributed by atoms with Gasteiger partial charge >= 0.3 is 5.97 Å². The first-order valence-electron chi connectivity index (χ1n) is 5.25. The predicted molar refractivity (Wildman–Crippen MR) is 61.5 cm³/mol. The van der Waals surface area contributed by atoms with Crippen LogP contribution in [0.3, 0.4) is 0 Å². The van der Waals surface area contributed by atoms with Crippen molar-refractivity contribution in [3.8, 4) is 5.75 Å². The number of methoxy groups -OCH3 is 1. The summed E-state index contributed by atoms with van der Waals surface area (Å²) in [5.74, 6) is 0.285. The molecule has 1 aliphatic heterocycles. The highest BCUT2D eigenvalue weighted by molar-refractivity contribution is 5.85. The molecule has 1 aromatic carbocycles. The van der Waals surface area contributed by atoms with E-state index in [9.17, 15) is 4.79 Å². The average Bonchev–Trinajstić information content (AvgIpc) is 2.79. The van der Waals surface area contributed by atoms with Crippen LogP contribution < -0.4 is 4.74 Å². The second kappa shape index (κ2) is 4.86. The molecule has 90 valence electrons. The first kappa shape index (κ1) is 11.4. The molecule has 1 atom stereocenters. The maximum absolute atomic E-state index is 10.7. The SMILES string of the molecule is COc1ccc(CC2=NCC(C(=O)O)O2)cc1. The first-order valence-corrected chi connectivity index (χ1v) is 5.25. The lowest BCUT2D eigenvalue weighted by Crippen LogP contribution is -2.24. The summed E-state index contributed by atoms with van der Waals surface area (Å²) >= 11 is 0. The van der Waals surface area contributed by atoms with Gasteiger partial charge in [0.1, 0.15) is 5.75 Å². The van der Waals surface area contributed by atoms with E-state index in [0.717, 1.165) is 11.3 Å². The minimum atomic E-state index is -0.974. The Hall–Kier alpha value is -2.04. The highest BCUT2D eigenvalue weighted by Gasteiger charge is 2.26. The maximum Gasteiger partial charge on any atom is 0.346 e. The smallest absolute Gasteiger partial charge is 0.346 e. The Kier molecular flexibility index (Phi) is 3.27. The van der Waals surface area contributed by atoms with Crippen molar-refractivity contribution >= 4 is 11.9 Å². The zero-order valence-corrected chi connectivity index (χ0v) is 9.42. The predicted octanol–water partition coefficient (Wildman–Crippen LogP) is 1.12. The van der Waals surface area contributed by atoms with Gasteiger partial charge in [0.25, 0.3) is 0 Å². The van der Waals surface area contributed by atoms with Gasteiger partial charge < -0.3 is 14.6 Å². The van der Waals surface area contributed by atoms with E-state index in [1.54, 1.807) is 7.11 Å². The fourth-order valence-electron chi connectivity index (χ4n) is 1.57. The van der Waals surface area contributed by atoms with Gasteiger partial charge in [-0.1, -0.05) is 12.1 Å². The van der Waals surface area contributed by atoms with E-state index in [2.05, 4.69) is 4.99 Å². The quantitative estimate of drug-likeness (QED) is 0.849. The maximum atomic E-state index is 10.7. The minimum Gasteiger partial charge on any atom is -0.497 e. The highest BCUT2D eigenvalue weighted by atomic mass is 16.5. The minimum absolute atomic E-state index is 0.195. The zero-order chi connectivity index (χ0) is 12.3. The molecule has 1 heterocycles. The Morgan fingerprint density at radius 1 is 1.53 bits per heavy atom. The number of rotatable bonds is 4. The Bertz CT molecular complexity index is 438. The van der Waals surface area contributed by atoms with Gasteiger partial charge in [-0.05, 0) is 17.7 Å². The Morgan fingerprint density at radius 2 is 2.24 bits per heavy atom. The van der Waals surface area contributed by atoms with Gasteiger partial charge in [0.05, 0.1) is 13.7 Å². The van der Waals surface area contributed by atoms with Crippen molar-refractivity contribution in [3.63, 3.8) is 0 Å². The molecule has 0 bridgehead atoms. The van der Waals surface area contributed by atoms with Gasteiger partial charge in [-0.3, -0.25) is 4.99 Å². The molecule has 17 heavy (non-hydrogen) atoms. The molecule has 0 aromatic heterocycles. The summed E-state index contributed by atoms with van der Waals surface area (Å²) in [5.41, 5.74) is 1.01. The van der Waals surface area contributed by atoms with Gasteiger partial charge in [-0.15, -0.1) is 0 Å². The van der Waals surface area contributed by atoms with Crippen LogP contribution in [0.2, 0.25) is 0 Å². The molecule has 0 radical (unpaired) electrons. The molecule has 5 nitrogen and oxygen atoms in total. The topological polar surface area (TPSA) is 68.1 Å². The van der Waals surface area contributed by atoms with Crippen LogP contribution in [0.4, 0.5) is 0 Å². The lowest BCUT2D eigenvalue weighted by molar-refractivity contribution is -0.144. The van der Waals surface area contributed by atoms with E-state index in [4.69, 9.17) is 14.6 Å². The molecule has 1 N–H and O–H groups in total. The van der Waals surface area contributed by atoms with Crippen molar-refractivity contribution in [2.24, 2.45) is 4.99 Å². The number of ether oxygens (including phenoxy) is 2. The molecular weight excluding hydrogens is 222 g/mol. The third-order valence-electron chi connectivity index (χ3n) is 2.50. The van der Waals surface area contributed by atoms with Crippen molar-refractivity contribution in [3.05, 3.63) is 29.8 Å². The molecule has 0 saturated carbocycles. The Labute approximate surface area is 98.7 Å². The standard InChI is InChI=1S/C12H13NO4/c1-16-9-4-2-8(3-5-9)6-11-13-7-10(17-11)12(14)15/h2-5,10H,6-7H2,1H3,(H,14,15). The second-order valence-corrected chi connectivity index (χ2v) is 3.70. The summed E-state index contributed by atoms with van der Waals surface area (Å²) in [6.07, 6.45) is -0.323. The fourth-order valence-corrected chi connectivity index (χ4v) is 1.57. The number of hydrogen-bond acceptors (Lipinski definition) is 4. The molecular formula is C12H13NO4. The molecule has 1 unspecified atom stereocenters. The van der Waals surface area contributed by atoms with E-state index in [1.165, 1.54) is 0 Å². The molecule has 1 aliphatic rings. The van der Waals surface area contributed by atoms with Crippen molar-refractivity contribution < 1.29 is 19.4 Å². The first-order chi connectivity index (χ1) is 8.19. The number of hydrogen-bond donors (Lipinski definition) is 1. The number of carbonyl (C=O) groups is 1.